The van der Waals surface area contributed by atoms with Gasteiger partial charge in [-0.05, 0) is 24.6 Å². The number of esters is 1. The van der Waals surface area contributed by atoms with E-state index >= 15 is 0 Å². The maximum atomic E-state index is 12.2. The molecule has 108 valence electrons. The van der Waals surface area contributed by atoms with Gasteiger partial charge in [0.15, 0.2) is 0 Å². The summed E-state index contributed by atoms with van der Waals surface area (Å²) in [6.45, 7) is 1.57. The molecule has 1 aromatic rings. The molecule has 1 aromatic carbocycles. The van der Waals surface area contributed by atoms with Crippen LogP contribution in [-0.4, -0.2) is 38.1 Å². The highest BCUT2D eigenvalue weighted by molar-refractivity contribution is 7.89. The summed E-state index contributed by atoms with van der Waals surface area (Å²) >= 11 is 0. The summed E-state index contributed by atoms with van der Waals surface area (Å²) in [5, 5.41) is 8.99. The van der Waals surface area contributed by atoms with Gasteiger partial charge in [-0.1, -0.05) is 6.07 Å². The molecule has 1 aliphatic rings. The fraction of sp³-hybridized carbons (Fsp3) is 0.333. The summed E-state index contributed by atoms with van der Waals surface area (Å²) in [5.41, 5.74) is 0.0285. The standard InChI is InChI=1S/C12H13NO6S/c1-7-8(11(14)15)3-2-4-10(7)20(17,18)13-9-5-6-19-12(9)16/h2-4,9,13H,5-6H2,1H3,(H,14,15). The van der Waals surface area contributed by atoms with Crippen LogP contribution in [0.4, 0.5) is 0 Å². The van der Waals surface area contributed by atoms with Gasteiger partial charge in [-0.2, -0.15) is 4.72 Å². The van der Waals surface area contributed by atoms with Crippen LogP contribution >= 0.6 is 0 Å². The molecule has 20 heavy (non-hydrogen) atoms. The van der Waals surface area contributed by atoms with E-state index in [2.05, 4.69) is 9.46 Å². The molecule has 1 saturated heterocycles. The zero-order valence-corrected chi connectivity index (χ0v) is 11.4. The normalized spacial score (nSPS) is 18.9. The van der Waals surface area contributed by atoms with E-state index < -0.39 is 28.0 Å². The Morgan fingerprint density at radius 3 is 2.70 bits per heavy atom. The molecule has 2 rings (SSSR count). The summed E-state index contributed by atoms with van der Waals surface area (Å²) in [4.78, 5) is 22.2. The number of hydrogen-bond acceptors (Lipinski definition) is 5. The first-order valence-corrected chi connectivity index (χ1v) is 7.33. The Bertz CT molecular complexity index is 667. The predicted molar refractivity (Wildman–Crippen MR) is 67.8 cm³/mol. The molecule has 1 unspecified atom stereocenters. The highest BCUT2D eigenvalue weighted by Crippen LogP contribution is 2.20. The number of rotatable bonds is 4. The van der Waals surface area contributed by atoms with Gasteiger partial charge >= 0.3 is 11.9 Å². The number of carbonyl (C=O) groups is 2. The number of carbonyl (C=O) groups excluding carboxylic acids is 1. The van der Waals surface area contributed by atoms with Crippen molar-refractivity contribution in [2.45, 2.75) is 24.3 Å². The Kier molecular flexibility index (Phi) is 3.78. The van der Waals surface area contributed by atoms with Gasteiger partial charge in [0, 0.05) is 6.42 Å². The maximum Gasteiger partial charge on any atom is 0.335 e. The van der Waals surface area contributed by atoms with E-state index in [1.807, 2.05) is 0 Å². The van der Waals surface area contributed by atoms with Gasteiger partial charge in [0.2, 0.25) is 10.0 Å². The molecule has 0 radical (unpaired) electrons. The molecular weight excluding hydrogens is 286 g/mol. The van der Waals surface area contributed by atoms with E-state index in [0.717, 1.165) is 0 Å². The lowest BCUT2D eigenvalue weighted by Gasteiger charge is -2.13. The Morgan fingerprint density at radius 2 is 2.15 bits per heavy atom. The molecule has 1 heterocycles. The lowest BCUT2D eigenvalue weighted by molar-refractivity contribution is -0.139. The second-order valence-corrected chi connectivity index (χ2v) is 6.05. The number of sulfonamides is 1. The third-order valence-electron chi connectivity index (χ3n) is 3.04. The van der Waals surface area contributed by atoms with E-state index in [9.17, 15) is 18.0 Å². The number of benzene rings is 1. The number of aromatic carboxylic acids is 1. The Morgan fingerprint density at radius 1 is 1.45 bits per heavy atom. The quantitative estimate of drug-likeness (QED) is 0.773. The van der Waals surface area contributed by atoms with Crippen LogP contribution in [0, 0.1) is 6.92 Å². The van der Waals surface area contributed by atoms with Crippen LogP contribution in [0.5, 0.6) is 0 Å². The first-order valence-electron chi connectivity index (χ1n) is 5.85. The average molecular weight is 299 g/mol. The second kappa shape index (κ2) is 5.22. The topological polar surface area (TPSA) is 110 Å². The third kappa shape index (κ3) is 2.66. The second-order valence-electron chi connectivity index (χ2n) is 4.36. The highest BCUT2D eigenvalue weighted by atomic mass is 32.2. The van der Waals surface area contributed by atoms with Gasteiger partial charge in [-0.25, -0.2) is 13.2 Å². The van der Waals surface area contributed by atoms with Crippen LogP contribution in [0.3, 0.4) is 0 Å². The number of carboxylic acids is 1. The van der Waals surface area contributed by atoms with E-state index in [-0.39, 0.29) is 29.1 Å². The molecule has 0 aliphatic carbocycles. The van der Waals surface area contributed by atoms with Gasteiger partial charge < -0.3 is 9.84 Å². The maximum absolute atomic E-state index is 12.2. The van der Waals surface area contributed by atoms with Crippen molar-refractivity contribution >= 4 is 22.0 Å². The largest absolute Gasteiger partial charge is 0.478 e. The number of hydrogen-bond donors (Lipinski definition) is 2. The molecule has 0 amide bonds. The zero-order valence-electron chi connectivity index (χ0n) is 10.6. The molecule has 0 aromatic heterocycles. The SMILES string of the molecule is Cc1c(C(=O)O)cccc1S(=O)(=O)NC1CCOC1=O. The molecule has 7 nitrogen and oxygen atoms in total. The third-order valence-corrected chi connectivity index (χ3v) is 4.65. The summed E-state index contributed by atoms with van der Waals surface area (Å²) in [7, 11) is -3.98. The zero-order chi connectivity index (χ0) is 14.9. The average Bonchev–Trinajstić information content (AvgIpc) is 2.74. The fourth-order valence-corrected chi connectivity index (χ4v) is 3.48. The predicted octanol–water partition coefficient (Wildman–Crippen LogP) is 0.287. The van der Waals surface area contributed by atoms with Crippen LogP contribution in [-0.2, 0) is 19.6 Å². The fourth-order valence-electron chi connectivity index (χ4n) is 1.99. The molecule has 1 fully saturated rings. The van der Waals surface area contributed by atoms with Crippen molar-refractivity contribution in [1.82, 2.24) is 4.72 Å². The molecule has 0 bridgehead atoms. The molecule has 1 atom stereocenters. The van der Waals surface area contributed by atoms with Crippen molar-refractivity contribution < 1.29 is 27.9 Å². The highest BCUT2D eigenvalue weighted by Gasteiger charge is 2.32. The van der Waals surface area contributed by atoms with Crippen LogP contribution in [0.2, 0.25) is 0 Å². The van der Waals surface area contributed by atoms with E-state index in [1.165, 1.54) is 25.1 Å². The Balaban J connectivity index is 2.37. The van der Waals surface area contributed by atoms with E-state index in [4.69, 9.17) is 5.11 Å². The van der Waals surface area contributed by atoms with E-state index in [0.29, 0.717) is 0 Å². The molecule has 0 saturated carbocycles. The Labute approximate surface area is 115 Å². The summed E-state index contributed by atoms with van der Waals surface area (Å²) < 4.78 is 31.3. The van der Waals surface area contributed by atoms with Gasteiger partial charge in [-0.15, -0.1) is 0 Å². The number of cyclic esters (lactones) is 1. The van der Waals surface area contributed by atoms with Crippen LogP contribution in [0.25, 0.3) is 0 Å². The minimum Gasteiger partial charge on any atom is -0.478 e. The summed E-state index contributed by atoms with van der Waals surface area (Å²) in [6.07, 6.45) is 0.260. The van der Waals surface area contributed by atoms with Crippen molar-refractivity contribution in [3.63, 3.8) is 0 Å². The molecule has 2 N–H and O–H groups in total. The Hall–Kier alpha value is -1.93. The van der Waals surface area contributed by atoms with Crippen LogP contribution in [0.15, 0.2) is 23.1 Å². The van der Waals surface area contributed by atoms with E-state index in [1.54, 1.807) is 0 Å². The minimum atomic E-state index is -3.98. The molecular formula is C12H13NO6S. The van der Waals surface area contributed by atoms with Gasteiger partial charge in [0.25, 0.3) is 0 Å². The molecule has 0 spiro atoms. The van der Waals surface area contributed by atoms with Gasteiger partial charge in [0.05, 0.1) is 17.1 Å². The van der Waals surface area contributed by atoms with Crippen molar-refractivity contribution in [3.05, 3.63) is 29.3 Å². The lowest BCUT2D eigenvalue weighted by atomic mass is 10.1. The lowest BCUT2D eigenvalue weighted by Crippen LogP contribution is -2.38. The molecule has 8 heteroatoms. The van der Waals surface area contributed by atoms with Crippen molar-refractivity contribution in [2.75, 3.05) is 6.61 Å². The molecule has 1 aliphatic heterocycles. The van der Waals surface area contributed by atoms with Crippen LogP contribution in [0.1, 0.15) is 22.3 Å². The van der Waals surface area contributed by atoms with Crippen molar-refractivity contribution in [3.8, 4) is 0 Å². The van der Waals surface area contributed by atoms with Crippen LogP contribution < -0.4 is 4.72 Å². The summed E-state index contributed by atoms with van der Waals surface area (Å²) in [6, 6.07) is 3.04. The minimum absolute atomic E-state index is 0.0955. The smallest absolute Gasteiger partial charge is 0.335 e. The first-order chi connectivity index (χ1) is 9.33. The van der Waals surface area contributed by atoms with Crippen molar-refractivity contribution in [2.24, 2.45) is 0 Å². The number of nitrogens with one attached hydrogen (secondary N) is 1. The van der Waals surface area contributed by atoms with Gasteiger partial charge in [-0.3, -0.25) is 4.79 Å². The van der Waals surface area contributed by atoms with Gasteiger partial charge in [0.1, 0.15) is 6.04 Å². The monoisotopic (exact) mass is 299 g/mol. The number of carboxylic acid groups (broad SMARTS) is 1. The number of ether oxygens (including phenoxy) is 1. The first kappa shape index (κ1) is 14.5. The summed E-state index contributed by atoms with van der Waals surface area (Å²) in [5.74, 6) is -1.83. The van der Waals surface area contributed by atoms with Crippen molar-refractivity contribution in [1.29, 1.82) is 0 Å².